The average Bonchev–Trinajstić information content (AvgIpc) is 3.05. The SMILES string of the molecule is CCC(C)n1ccc(Cn2ccc(CNC(C)C)c2)n1. The number of nitrogens with one attached hydrogen (secondary N) is 1. The predicted octanol–water partition coefficient (Wildman–Crippen LogP) is 3.20. The maximum absolute atomic E-state index is 4.64. The summed E-state index contributed by atoms with van der Waals surface area (Å²) in [6, 6.07) is 5.27. The number of rotatable bonds is 7. The predicted molar refractivity (Wildman–Crippen MR) is 82.7 cm³/mol. The molecular weight excluding hydrogens is 248 g/mol. The fraction of sp³-hybridized carbons (Fsp3) is 0.562. The Morgan fingerprint density at radius 2 is 2.00 bits per heavy atom. The van der Waals surface area contributed by atoms with E-state index < -0.39 is 0 Å². The molecule has 0 spiro atoms. The molecule has 0 bridgehead atoms. The van der Waals surface area contributed by atoms with E-state index in [9.17, 15) is 0 Å². The highest BCUT2D eigenvalue weighted by Crippen LogP contribution is 2.11. The van der Waals surface area contributed by atoms with Crippen LogP contribution in [0.3, 0.4) is 0 Å². The van der Waals surface area contributed by atoms with Crippen LogP contribution in [0.1, 0.15) is 51.4 Å². The maximum atomic E-state index is 4.64. The minimum atomic E-state index is 0.471. The zero-order valence-corrected chi connectivity index (χ0v) is 13.0. The molecular formula is C16H26N4. The first-order chi connectivity index (χ1) is 9.58. The van der Waals surface area contributed by atoms with Gasteiger partial charge in [0.05, 0.1) is 12.2 Å². The zero-order chi connectivity index (χ0) is 14.5. The van der Waals surface area contributed by atoms with E-state index >= 15 is 0 Å². The van der Waals surface area contributed by atoms with Gasteiger partial charge in [-0.15, -0.1) is 0 Å². The standard InChI is InChI=1S/C16H26N4/c1-5-14(4)20-9-7-16(18-20)12-19-8-6-15(11-19)10-17-13(2)3/h6-9,11,13-14,17H,5,10,12H2,1-4H3. The van der Waals surface area contributed by atoms with Crippen molar-refractivity contribution in [2.45, 2.75) is 59.3 Å². The Labute approximate surface area is 121 Å². The van der Waals surface area contributed by atoms with Crippen LogP contribution >= 0.6 is 0 Å². The maximum Gasteiger partial charge on any atom is 0.0821 e. The molecule has 4 nitrogen and oxygen atoms in total. The number of nitrogens with zero attached hydrogens (tertiary/aromatic N) is 3. The molecule has 4 heteroatoms. The summed E-state index contributed by atoms with van der Waals surface area (Å²) in [6.45, 7) is 10.5. The van der Waals surface area contributed by atoms with Crippen molar-refractivity contribution in [2.75, 3.05) is 0 Å². The molecule has 2 aromatic heterocycles. The summed E-state index contributed by atoms with van der Waals surface area (Å²) in [5, 5.41) is 8.07. The second kappa shape index (κ2) is 6.75. The summed E-state index contributed by atoms with van der Waals surface area (Å²) >= 11 is 0. The van der Waals surface area contributed by atoms with Crippen LogP contribution in [-0.2, 0) is 13.1 Å². The summed E-state index contributed by atoms with van der Waals surface area (Å²) in [4.78, 5) is 0. The molecule has 0 amide bonds. The molecule has 0 saturated carbocycles. The molecule has 1 atom stereocenters. The fourth-order valence-corrected chi connectivity index (χ4v) is 2.10. The monoisotopic (exact) mass is 274 g/mol. The van der Waals surface area contributed by atoms with Crippen molar-refractivity contribution in [1.82, 2.24) is 19.7 Å². The second-order valence-electron chi connectivity index (χ2n) is 5.77. The second-order valence-corrected chi connectivity index (χ2v) is 5.77. The first-order valence-electron chi connectivity index (χ1n) is 7.50. The summed E-state index contributed by atoms with van der Waals surface area (Å²) in [6.07, 6.45) is 7.50. The van der Waals surface area contributed by atoms with Gasteiger partial charge < -0.3 is 9.88 Å². The van der Waals surface area contributed by atoms with Gasteiger partial charge in [0.2, 0.25) is 0 Å². The van der Waals surface area contributed by atoms with Crippen LogP contribution in [-0.4, -0.2) is 20.4 Å². The number of aromatic nitrogens is 3. The average molecular weight is 274 g/mol. The molecule has 0 aliphatic carbocycles. The molecule has 0 fully saturated rings. The third-order valence-electron chi connectivity index (χ3n) is 3.58. The quantitative estimate of drug-likeness (QED) is 0.841. The van der Waals surface area contributed by atoms with Gasteiger partial charge in [0, 0.05) is 37.2 Å². The van der Waals surface area contributed by atoms with Crippen molar-refractivity contribution in [2.24, 2.45) is 0 Å². The lowest BCUT2D eigenvalue weighted by atomic mass is 10.3. The largest absolute Gasteiger partial charge is 0.348 e. The van der Waals surface area contributed by atoms with Gasteiger partial charge in [-0.1, -0.05) is 20.8 Å². The van der Waals surface area contributed by atoms with E-state index in [0.29, 0.717) is 12.1 Å². The minimum Gasteiger partial charge on any atom is -0.348 e. The topological polar surface area (TPSA) is 34.8 Å². The normalized spacial score (nSPS) is 13.1. The van der Waals surface area contributed by atoms with Gasteiger partial charge in [-0.25, -0.2) is 0 Å². The molecule has 2 aromatic rings. The van der Waals surface area contributed by atoms with E-state index in [4.69, 9.17) is 0 Å². The lowest BCUT2D eigenvalue weighted by molar-refractivity contribution is 0.472. The highest BCUT2D eigenvalue weighted by Gasteiger charge is 2.05. The van der Waals surface area contributed by atoms with E-state index in [-0.39, 0.29) is 0 Å². The van der Waals surface area contributed by atoms with E-state index in [1.165, 1.54) is 5.56 Å². The van der Waals surface area contributed by atoms with Gasteiger partial charge in [-0.2, -0.15) is 5.10 Å². The van der Waals surface area contributed by atoms with Crippen molar-refractivity contribution in [1.29, 1.82) is 0 Å². The molecule has 0 aliphatic rings. The van der Waals surface area contributed by atoms with Crippen molar-refractivity contribution >= 4 is 0 Å². The van der Waals surface area contributed by atoms with E-state index in [0.717, 1.165) is 25.2 Å². The first-order valence-corrected chi connectivity index (χ1v) is 7.50. The van der Waals surface area contributed by atoms with Crippen LogP contribution < -0.4 is 5.32 Å². The highest BCUT2D eigenvalue weighted by atomic mass is 15.3. The summed E-state index contributed by atoms with van der Waals surface area (Å²) in [5.41, 5.74) is 2.43. The number of hydrogen-bond acceptors (Lipinski definition) is 2. The van der Waals surface area contributed by atoms with Crippen molar-refractivity contribution in [3.05, 3.63) is 42.0 Å². The van der Waals surface area contributed by atoms with Gasteiger partial charge >= 0.3 is 0 Å². The minimum absolute atomic E-state index is 0.471. The Morgan fingerprint density at radius 1 is 1.20 bits per heavy atom. The highest BCUT2D eigenvalue weighted by molar-refractivity contribution is 5.12. The van der Waals surface area contributed by atoms with Gasteiger partial charge in [0.1, 0.15) is 0 Å². The molecule has 1 N–H and O–H groups in total. The fourth-order valence-electron chi connectivity index (χ4n) is 2.10. The van der Waals surface area contributed by atoms with Gasteiger partial charge in [0.25, 0.3) is 0 Å². The first kappa shape index (κ1) is 14.9. The summed E-state index contributed by atoms with van der Waals surface area (Å²) in [7, 11) is 0. The molecule has 20 heavy (non-hydrogen) atoms. The lowest BCUT2D eigenvalue weighted by Crippen LogP contribution is -2.21. The Hall–Kier alpha value is -1.55. The van der Waals surface area contributed by atoms with E-state index in [1.54, 1.807) is 0 Å². The van der Waals surface area contributed by atoms with Crippen LogP contribution in [0.2, 0.25) is 0 Å². The summed E-state index contributed by atoms with van der Waals surface area (Å²) < 4.78 is 4.25. The van der Waals surface area contributed by atoms with Crippen molar-refractivity contribution in [3.63, 3.8) is 0 Å². The molecule has 110 valence electrons. The molecule has 2 heterocycles. The molecule has 2 rings (SSSR count). The molecule has 0 aromatic carbocycles. The Kier molecular flexibility index (Phi) is 5.01. The van der Waals surface area contributed by atoms with Crippen LogP contribution in [0.25, 0.3) is 0 Å². The summed E-state index contributed by atoms with van der Waals surface area (Å²) in [5.74, 6) is 0. The smallest absolute Gasteiger partial charge is 0.0821 e. The van der Waals surface area contributed by atoms with Crippen LogP contribution in [0, 0.1) is 0 Å². The van der Waals surface area contributed by atoms with E-state index in [2.05, 4.69) is 78.1 Å². The molecule has 0 saturated heterocycles. The Bertz CT molecular complexity index is 524. The molecule has 1 unspecified atom stereocenters. The molecule has 0 radical (unpaired) electrons. The molecule has 0 aliphatic heterocycles. The lowest BCUT2D eigenvalue weighted by Gasteiger charge is -2.08. The van der Waals surface area contributed by atoms with E-state index in [1.807, 2.05) is 0 Å². The van der Waals surface area contributed by atoms with Crippen LogP contribution in [0.5, 0.6) is 0 Å². The third kappa shape index (κ3) is 3.97. The van der Waals surface area contributed by atoms with Crippen LogP contribution in [0.15, 0.2) is 30.7 Å². The Balaban J connectivity index is 1.94. The van der Waals surface area contributed by atoms with Gasteiger partial charge in [0.15, 0.2) is 0 Å². The number of hydrogen-bond donors (Lipinski definition) is 1. The third-order valence-corrected chi connectivity index (χ3v) is 3.58. The van der Waals surface area contributed by atoms with Crippen LogP contribution in [0.4, 0.5) is 0 Å². The van der Waals surface area contributed by atoms with Gasteiger partial charge in [-0.3, -0.25) is 4.68 Å². The van der Waals surface area contributed by atoms with Gasteiger partial charge in [-0.05, 0) is 31.0 Å². The van der Waals surface area contributed by atoms with Crippen molar-refractivity contribution < 1.29 is 0 Å². The zero-order valence-electron chi connectivity index (χ0n) is 13.0. The van der Waals surface area contributed by atoms with Crippen molar-refractivity contribution in [3.8, 4) is 0 Å². The Morgan fingerprint density at radius 3 is 2.70 bits per heavy atom.